The van der Waals surface area contributed by atoms with Gasteiger partial charge in [0.25, 0.3) is 0 Å². The van der Waals surface area contributed by atoms with Crippen LogP contribution >= 0.6 is 11.5 Å². The Morgan fingerprint density at radius 1 is 1.47 bits per heavy atom. The molecule has 0 saturated heterocycles. The number of aromatic nitrogens is 2. The Kier molecular flexibility index (Phi) is 3.35. The van der Waals surface area contributed by atoms with E-state index in [-0.39, 0.29) is 0 Å². The van der Waals surface area contributed by atoms with Crippen molar-refractivity contribution in [3.63, 3.8) is 0 Å². The van der Waals surface area contributed by atoms with Gasteiger partial charge in [0, 0.05) is 5.56 Å². The number of halogens is 1. The lowest BCUT2D eigenvalue weighted by Crippen LogP contribution is -2.03. The molecule has 0 amide bonds. The second kappa shape index (κ2) is 4.77. The van der Waals surface area contributed by atoms with E-state index in [0.29, 0.717) is 21.9 Å². The van der Waals surface area contributed by atoms with E-state index in [0.717, 1.165) is 11.5 Å². The predicted molar refractivity (Wildman–Crippen MR) is 61.7 cm³/mol. The first kappa shape index (κ1) is 11.9. The van der Waals surface area contributed by atoms with Gasteiger partial charge in [0.2, 0.25) is 0 Å². The number of aliphatic hydroxyl groups excluding tert-OH is 1. The Bertz CT molecular complexity index is 530. The van der Waals surface area contributed by atoms with Crippen molar-refractivity contribution in [2.75, 3.05) is 7.11 Å². The second-order valence-electron chi connectivity index (χ2n) is 3.51. The number of nitrogens with zero attached hydrogens (tertiary/aromatic N) is 2. The zero-order valence-corrected chi connectivity index (χ0v) is 10.2. The van der Waals surface area contributed by atoms with Gasteiger partial charge < -0.3 is 9.84 Å². The summed E-state index contributed by atoms with van der Waals surface area (Å²) in [5.41, 5.74) is 1.01. The summed E-state index contributed by atoms with van der Waals surface area (Å²) in [6, 6.07) is 4.02. The van der Waals surface area contributed by atoms with E-state index in [9.17, 15) is 9.50 Å². The highest BCUT2D eigenvalue weighted by atomic mass is 32.1. The van der Waals surface area contributed by atoms with E-state index in [2.05, 4.69) is 9.59 Å². The van der Waals surface area contributed by atoms with Crippen LogP contribution in [0.2, 0.25) is 0 Å². The first-order valence-electron chi connectivity index (χ1n) is 4.94. The lowest BCUT2D eigenvalue weighted by atomic mass is 10.1. The molecular weight excluding hydrogens is 243 g/mol. The van der Waals surface area contributed by atoms with Crippen LogP contribution in [0.3, 0.4) is 0 Å². The van der Waals surface area contributed by atoms with Gasteiger partial charge in [-0.1, -0.05) is 4.49 Å². The summed E-state index contributed by atoms with van der Waals surface area (Å²) in [5.74, 6) is 0.0154. The number of rotatable bonds is 3. The minimum Gasteiger partial charge on any atom is -0.496 e. The monoisotopic (exact) mass is 254 g/mol. The maximum absolute atomic E-state index is 13.2. The van der Waals surface area contributed by atoms with Crippen molar-refractivity contribution in [1.29, 1.82) is 0 Å². The van der Waals surface area contributed by atoms with Crippen LogP contribution in [0.5, 0.6) is 5.75 Å². The van der Waals surface area contributed by atoms with E-state index in [4.69, 9.17) is 4.74 Å². The molecule has 0 aliphatic carbocycles. The number of hydrogen-bond acceptors (Lipinski definition) is 5. The summed E-state index contributed by atoms with van der Waals surface area (Å²) in [5, 5.41) is 14.0. The van der Waals surface area contributed by atoms with Gasteiger partial charge in [-0.05, 0) is 36.7 Å². The van der Waals surface area contributed by atoms with Crippen LogP contribution in [0.4, 0.5) is 4.39 Å². The van der Waals surface area contributed by atoms with Crippen LogP contribution in [0.1, 0.15) is 22.2 Å². The molecule has 0 aliphatic rings. The largest absolute Gasteiger partial charge is 0.496 e. The average Bonchev–Trinajstić information content (AvgIpc) is 2.74. The van der Waals surface area contributed by atoms with Crippen LogP contribution in [0.15, 0.2) is 18.2 Å². The predicted octanol–water partition coefficient (Wildman–Crippen LogP) is 2.08. The second-order valence-corrected chi connectivity index (χ2v) is 4.30. The molecule has 90 valence electrons. The molecule has 1 aromatic heterocycles. The topological polar surface area (TPSA) is 55.2 Å². The minimum absolute atomic E-state index is 0.377. The zero-order valence-electron chi connectivity index (χ0n) is 9.35. The highest BCUT2D eigenvalue weighted by molar-refractivity contribution is 7.05. The maximum Gasteiger partial charge on any atom is 0.125 e. The Morgan fingerprint density at radius 3 is 2.82 bits per heavy atom. The molecule has 0 saturated carbocycles. The highest BCUT2D eigenvalue weighted by Gasteiger charge is 2.20. The van der Waals surface area contributed by atoms with Gasteiger partial charge in [-0.3, -0.25) is 0 Å². The van der Waals surface area contributed by atoms with Crippen molar-refractivity contribution < 1.29 is 14.2 Å². The standard InChI is InChI=1S/C11H11FN2O2S/c1-6-11(17-14-13-6)10(15)8-5-7(12)3-4-9(8)16-2/h3-5,10,15H,1-2H3. The van der Waals surface area contributed by atoms with Gasteiger partial charge in [-0.2, -0.15) is 0 Å². The molecule has 4 nitrogen and oxygen atoms in total. The van der Waals surface area contributed by atoms with Gasteiger partial charge in [0.1, 0.15) is 17.7 Å². The third kappa shape index (κ3) is 2.27. The van der Waals surface area contributed by atoms with Crippen molar-refractivity contribution in [1.82, 2.24) is 9.59 Å². The lowest BCUT2D eigenvalue weighted by Gasteiger charge is -2.13. The van der Waals surface area contributed by atoms with E-state index < -0.39 is 11.9 Å². The molecule has 6 heteroatoms. The Labute approximate surface area is 102 Å². The molecule has 1 atom stereocenters. The first-order valence-corrected chi connectivity index (χ1v) is 5.71. The zero-order chi connectivity index (χ0) is 12.4. The van der Waals surface area contributed by atoms with E-state index in [1.165, 1.54) is 25.3 Å². The SMILES string of the molecule is COc1ccc(F)cc1C(O)c1snnc1C. The Hall–Kier alpha value is -1.53. The molecule has 0 radical (unpaired) electrons. The summed E-state index contributed by atoms with van der Waals surface area (Å²) in [6.07, 6.45) is -0.972. The van der Waals surface area contributed by atoms with Crippen molar-refractivity contribution in [2.45, 2.75) is 13.0 Å². The van der Waals surface area contributed by atoms with E-state index in [1.54, 1.807) is 6.92 Å². The Morgan fingerprint density at radius 2 is 2.24 bits per heavy atom. The number of benzene rings is 1. The van der Waals surface area contributed by atoms with Gasteiger partial charge in [0.05, 0.1) is 17.7 Å². The molecule has 0 fully saturated rings. The lowest BCUT2D eigenvalue weighted by molar-refractivity contribution is 0.217. The fourth-order valence-electron chi connectivity index (χ4n) is 1.55. The minimum atomic E-state index is -0.972. The molecule has 1 aromatic carbocycles. The van der Waals surface area contributed by atoms with Crippen molar-refractivity contribution in [2.24, 2.45) is 0 Å². The van der Waals surface area contributed by atoms with Gasteiger partial charge in [-0.25, -0.2) is 4.39 Å². The summed E-state index contributed by atoms with van der Waals surface area (Å²) >= 11 is 1.09. The first-order chi connectivity index (χ1) is 8.13. The Balaban J connectivity index is 2.46. The van der Waals surface area contributed by atoms with Gasteiger partial charge in [0.15, 0.2) is 0 Å². The summed E-state index contributed by atoms with van der Waals surface area (Å²) in [7, 11) is 1.47. The van der Waals surface area contributed by atoms with Gasteiger partial charge >= 0.3 is 0 Å². The molecule has 2 aromatic rings. The molecule has 0 aliphatic heterocycles. The van der Waals surface area contributed by atoms with Crippen molar-refractivity contribution in [3.05, 3.63) is 40.2 Å². The van der Waals surface area contributed by atoms with Crippen LogP contribution in [-0.4, -0.2) is 21.8 Å². The van der Waals surface area contributed by atoms with Crippen molar-refractivity contribution >= 4 is 11.5 Å². The smallest absolute Gasteiger partial charge is 0.125 e. The molecule has 1 heterocycles. The molecule has 2 rings (SSSR count). The molecular formula is C11H11FN2O2S. The highest BCUT2D eigenvalue weighted by Crippen LogP contribution is 2.32. The average molecular weight is 254 g/mol. The number of methoxy groups -OCH3 is 1. The van der Waals surface area contributed by atoms with Gasteiger partial charge in [-0.15, -0.1) is 5.10 Å². The number of aryl methyl sites for hydroxylation is 1. The van der Waals surface area contributed by atoms with Crippen LogP contribution in [0.25, 0.3) is 0 Å². The third-order valence-corrected chi connectivity index (χ3v) is 3.30. The summed E-state index contributed by atoms with van der Waals surface area (Å²) in [6.45, 7) is 1.74. The number of aliphatic hydroxyl groups is 1. The molecule has 0 spiro atoms. The van der Waals surface area contributed by atoms with Crippen molar-refractivity contribution in [3.8, 4) is 5.75 Å². The number of hydrogen-bond donors (Lipinski definition) is 1. The molecule has 0 bridgehead atoms. The molecule has 17 heavy (non-hydrogen) atoms. The van der Waals surface area contributed by atoms with E-state index in [1.807, 2.05) is 0 Å². The van der Waals surface area contributed by atoms with Crippen LogP contribution in [-0.2, 0) is 0 Å². The summed E-state index contributed by atoms with van der Waals surface area (Å²) < 4.78 is 22.0. The maximum atomic E-state index is 13.2. The normalized spacial score (nSPS) is 12.5. The van der Waals surface area contributed by atoms with Crippen LogP contribution in [0, 0.1) is 12.7 Å². The van der Waals surface area contributed by atoms with E-state index >= 15 is 0 Å². The quantitative estimate of drug-likeness (QED) is 0.911. The fraction of sp³-hybridized carbons (Fsp3) is 0.273. The van der Waals surface area contributed by atoms with Crippen LogP contribution < -0.4 is 4.74 Å². The fourth-order valence-corrected chi connectivity index (χ4v) is 2.20. The third-order valence-electron chi connectivity index (χ3n) is 2.42. The molecule has 1 unspecified atom stereocenters. The summed E-state index contributed by atoms with van der Waals surface area (Å²) in [4.78, 5) is 0.592. The molecule has 1 N–H and O–H groups in total. The number of ether oxygens (including phenoxy) is 1.